The molecule has 26 heavy (non-hydrogen) atoms. The van der Waals surface area contributed by atoms with Gasteiger partial charge in [-0.25, -0.2) is 0 Å². The van der Waals surface area contributed by atoms with Crippen molar-refractivity contribution in [1.29, 1.82) is 0 Å². The third kappa shape index (κ3) is 4.52. The Hall–Kier alpha value is -2.14. The summed E-state index contributed by atoms with van der Waals surface area (Å²) >= 11 is 0. The largest absolute Gasteiger partial charge is 0.481 e. The second kappa shape index (κ2) is 8.99. The molecule has 142 valence electrons. The minimum Gasteiger partial charge on any atom is -0.481 e. The number of fused-ring (bicyclic) bond motifs is 1. The molecule has 0 unspecified atom stereocenters. The number of methoxy groups -OCH3 is 1. The maximum Gasteiger partial charge on any atom is 0.214 e. The molecule has 0 bridgehead atoms. The standard InChI is InChI=1S/C21H30N2O3/c1-5-21(25,6-2)11-9-16-7-8-18-17(13-16)10-12-23(15-24)19(18)14-20(22-3)26-4/h7-8,13-15,25H,5-6,9-12H2,1-4H3/b19-14-,22-20+. The maximum atomic E-state index is 11.5. The van der Waals surface area contributed by atoms with Crippen molar-refractivity contribution in [1.82, 2.24) is 4.90 Å². The molecule has 2 rings (SSSR count). The highest BCUT2D eigenvalue weighted by molar-refractivity contribution is 5.97. The molecule has 0 spiro atoms. The molecule has 0 atom stereocenters. The van der Waals surface area contributed by atoms with E-state index in [1.54, 1.807) is 25.1 Å². The Morgan fingerprint density at radius 3 is 2.69 bits per heavy atom. The Kier molecular flexibility index (Phi) is 6.98. The number of aliphatic imine (C=N–C) groups is 1. The molecule has 0 aromatic heterocycles. The van der Waals surface area contributed by atoms with E-state index in [1.807, 2.05) is 13.8 Å². The Bertz CT molecular complexity index is 690. The Morgan fingerprint density at radius 2 is 2.12 bits per heavy atom. The van der Waals surface area contributed by atoms with Crippen LogP contribution >= 0.6 is 0 Å². The summed E-state index contributed by atoms with van der Waals surface area (Å²) in [7, 11) is 3.23. The van der Waals surface area contributed by atoms with Crippen LogP contribution in [-0.4, -0.2) is 48.6 Å². The SMILES string of the molecule is CCC(O)(CC)CCc1ccc2c(c1)CCN(C=O)/C2=C\C(=N/C)OC. The van der Waals surface area contributed by atoms with E-state index in [-0.39, 0.29) is 0 Å². The van der Waals surface area contributed by atoms with Crippen LogP contribution in [0, 0.1) is 0 Å². The van der Waals surface area contributed by atoms with Crippen LogP contribution < -0.4 is 0 Å². The van der Waals surface area contributed by atoms with Gasteiger partial charge in [0.05, 0.1) is 18.4 Å². The fraction of sp³-hybridized carbons (Fsp3) is 0.524. The molecule has 5 heteroatoms. The van der Waals surface area contributed by atoms with Gasteiger partial charge in [0.1, 0.15) is 0 Å². The molecule has 1 aliphatic heterocycles. The lowest BCUT2D eigenvalue weighted by molar-refractivity contribution is -0.115. The molecule has 1 aromatic rings. The Balaban J connectivity index is 2.30. The number of hydrogen-bond donors (Lipinski definition) is 1. The molecule has 0 aliphatic carbocycles. The van der Waals surface area contributed by atoms with Crippen LogP contribution in [0.4, 0.5) is 0 Å². The second-order valence-electron chi connectivity index (χ2n) is 6.77. The van der Waals surface area contributed by atoms with Crippen LogP contribution in [0.1, 0.15) is 49.8 Å². The maximum absolute atomic E-state index is 11.5. The van der Waals surface area contributed by atoms with E-state index in [2.05, 4.69) is 23.2 Å². The predicted molar refractivity (Wildman–Crippen MR) is 105 cm³/mol. The summed E-state index contributed by atoms with van der Waals surface area (Å²) in [6.45, 7) is 4.70. The minimum absolute atomic E-state index is 0.486. The van der Waals surface area contributed by atoms with Crippen molar-refractivity contribution in [2.75, 3.05) is 20.7 Å². The number of carbonyl (C=O) groups excluding carboxylic acids is 1. The highest BCUT2D eigenvalue weighted by Crippen LogP contribution is 2.30. The number of nitrogens with zero attached hydrogens (tertiary/aromatic N) is 2. The van der Waals surface area contributed by atoms with Crippen LogP contribution in [0.5, 0.6) is 0 Å². The molecule has 5 nitrogen and oxygen atoms in total. The van der Waals surface area contributed by atoms with Gasteiger partial charge in [-0.05, 0) is 43.2 Å². The quantitative estimate of drug-likeness (QED) is 0.462. The van der Waals surface area contributed by atoms with E-state index in [0.717, 1.165) is 49.8 Å². The summed E-state index contributed by atoms with van der Waals surface area (Å²) in [5.74, 6) is 0.486. The van der Waals surface area contributed by atoms with Gasteiger partial charge in [0.25, 0.3) is 0 Å². The lowest BCUT2D eigenvalue weighted by atomic mass is 9.88. The van der Waals surface area contributed by atoms with Gasteiger partial charge in [-0.15, -0.1) is 0 Å². The fourth-order valence-corrected chi connectivity index (χ4v) is 3.36. The number of aliphatic hydroxyl groups is 1. The van der Waals surface area contributed by atoms with Crippen LogP contribution in [-0.2, 0) is 22.4 Å². The first-order valence-corrected chi connectivity index (χ1v) is 9.29. The fourth-order valence-electron chi connectivity index (χ4n) is 3.36. The van der Waals surface area contributed by atoms with Crippen LogP contribution in [0.15, 0.2) is 29.3 Å². The molecule has 1 heterocycles. The van der Waals surface area contributed by atoms with Gasteiger partial charge in [0.2, 0.25) is 12.3 Å². The zero-order chi connectivity index (χ0) is 19.2. The number of benzene rings is 1. The number of aryl methyl sites for hydroxylation is 1. The molecule has 0 radical (unpaired) electrons. The predicted octanol–water partition coefficient (Wildman–Crippen LogP) is 3.20. The van der Waals surface area contributed by atoms with Gasteiger partial charge in [0, 0.05) is 25.2 Å². The molecule has 1 amide bonds. The molecular weight excluding hydrogens is 328 g/mol. The first-order chi connectivity index (χ1) is 12.5. The summed E-state index contributed by atoms with van der Waals surface area (Å²) in [5.41, 5.74) is 3.70. The number of hydrogen-bond acceptors (Lipinski definition) is 4. The molecule has 0 saturated heterocycles. The Morgan fingerprint density at radius 1 is 1.38 bits per heavy atom. The van der Waals surface area contributed by atoms with Crippen molar-refractivity contribution in [3.63, 3.8) is 0 Å². The van der Waals surface area contributed by atoms with Gasteiger partial charge in [-0.1, -0.05) is 32.0 Å². The third-order valence-corrected chi connectivity index (χ3v) is 5.39. The molecule has 1 aromatic carbocycles. The second-order valence-corrected chi connectivity index (χ2v) is 6.77. The van der Waals surface area contributed by atoms with Crippen LogP contribution in [0.25, 0.3) is 5.70 Å². The lowest BCUT2D eigenvalue weighted by Crippen LogP contribution is -2.29. The summed E-state index contributed by atoms with van der Waals surface area (Å²) in [6.07, 6.45) is 6.63. The number of ether oxygens (including phenoxy) is 1. The summed E-state index contributed by atoms with van der Waals surface area (Å²) < 4.78 is 5.24. The van der Waals surface area contributed by atoms with Gasteiger partial charge in [-0.3, -0.25) is 9.79 Å². The third-order valence-electron chi connectivity index (χ3n) is 5.39. The normalized spacial score (nSPS) is 16.6. The van der Waals surface area contributed by atoms with E-state index < -0.39 is 5.60 Å². The van der Waals surface area contributed by atoms with E-state index in [1.165, 1.54) is 11.1 Å². The molecule has 1 aliphatic rings. The smallest absolute Gasteiger partial charge is 0.214 e. The van der Waals surface area contributed by atoms with Gasteiger partial charge in [-0.2, -0.15) is 0 Å². The monoisotopic (exact) mass is 358 g/mol. The van der Waals surface area contributed by atoms with Crippen LogP contribution in [0.3, 0.4) is 0 Å². The summed E-state index contributed by atoms with van der Waals surface area (Å²) in [5, 5.41) is 10.5. The van der Waals surface area contributed by atoms with Crippen molar-refractivity contribution in [2.24, 2.45) is 4.99 Å². The zero-order valence-electron chi connectivity index (χ0n) is 16.3. The summed E-state index contributed by atoms with van der Waals surface area (Å²) in [4.78, 5) is 17.2. The first-order valence-electron chi connectivity index (χ1n) is 9.29. The van der Waals surface area contributed by atoms with Gasteiger partial charge >= 0.3 is 0 Å². The molecule has 1 N–H and O–H groups in total. The zero-order valence-corrected chi connectivity index (χ0v) is 16.3. The van der Waals surface area contributed by atoms with Crippen molar-refractivity contribution in [3.05, 3.63) is 41.0 Å². The van der Waals surface area contributed by atoms with Gasteiger partial charge < -0.3 is 14.7 Å². The Labute approximate surface area is 156 Å². The van der Waals surface area contributed by atoms with Crippen molar-refractivity contribution < 1.29 is 14.6 Å². The summed E-state index contributed by atoms with van der Waals surface area (Å²) in [6, 6.07) is 6.35. The van der Waals surface area contributed by atoms with E-state index in [4.69, 9.17) is 4.74 Å². The highest BCUT2D eigenvalue weighted by Gasteiger charge is 2.24. The first kappa shape index (κ1) is 20.2. The number of amides is 1. The highest BCUT2D eigenvalue weighted by atomic mass is 16.5. The van der Waals surface area contributed by atoms with Crippen molar-refractivity contribution in [2.45, 2.75) is 51.6 Å². The van der Waals surface area contributed by atoms with Gasteiger partial charge in [0.15, 0.2) is 0 Å². The minimum atomic E-state index is -0.583. The van der Waals surface area contributed by atoms with Crippen LogP contribution in [0.2, 0.25) is 0 Å². The average Bonchev–Trinajstić information content (AvgIpc) is 2.69. The molecule has 0 saturated carbocycles. The van der Waals surface area contributed by atoms with Crippen molar-refractivity contribution >= 4 is 18.0 Å². The topological polar surface area (TPSA) is 62.1 Å². The lowest BCUT2D eigenvalue weighted by Gasteiger charge is -2.29. The number of rotatable bonds is 7. The molecular formula is C21H30N2O3. The number of carbonyl (C=O) groups is 1. The van der Waals surface area contributed by atoms with Crippen molar-refractivity contribution in [3.8, 4) is 0 Å². The van der Waals surface area contributed by atoms with E-state index in [0.29, 0.717) is 12.4 Å². The molecule has 0 fully saturated rings. The van der Waals surface area contributed by atoms with E-state index >= 15 is 0 Å². The average molecular weight is 358 g/mol. The van der Waals surface area contributed by atoms with E-state index in [9.17, 15) is 9.90 Å².